The number of hydrogen-bond acceptors (Lipinski definition) is 5. The van der Waals surface area contributed by atoms with Crippen LogP contribution in [-0.4, -0.2) is 54.5 Å². The standard InChI is InChI=1S/C21H25FN2O3/c1-3-20-10-12(18(26)27-2)17-21(13-6-4-5-7-14(13)23-17)8-9-24(19(20)21)11-15(25)16(20)22/h4-7,15-16,19,23,25H,3,8-11H2,1-2H3/t15-,16-,19+,20-,21+/m1/s1. The van der Waals surface area contributed by atoms with Gasteiger partial charge < -0.3 is 15.2 Å². The lowest BCUT2D eigenvalue weighted by atomic mass is 9.52. The highest BCUT2D eigenvalue weighted by atomic mass is 19.1. The Hall–Kier alpha value is -1.92. The van der Waals surface area contributed by atoms with Crippen molar-refractivity contribution in [1.29, 1.82) is 0 Å². The minimum absolute atomic E-state index is 0.0760. The van der Waals surface area contributed by atoms with Crippen molar-refractivity contribution in [3.63, 3.8) is 0 Å². The number of ether oxygens (including phenoxy) is 1. The Labute approximate surface area is 158 Å². The highest BCUT2D eigenvalue weighted by Gasteiger charge is 2.70. The summed E-state index contributed by atoms with van der Waals surface area (Å²) in [5.41, 5.74) is 2.29. The number of alkyl halides is 1. The van der Waals surface area contributed by atoms with Crippen LogP contribution in [-0.2, 0) is 14.9 Å². The minimum Gasteiger partial charge on any atom is -0.466 e. The van der Waals surface area contributed by atoms with E-state index >= 15 is 4.39 Å². The highest BCUT2D eigenvalue weighted by Crippen LogP contribution is 2.65. The van der Waals surface area contributed by atoms with E-state index in [0.29, 0.717) is 18.5 Å². The molecule has 0 unspecified atom stereocenters. The van der Waals surface area contributed by atoms with Gasteiger partial charge >= 0.3 is 5.97 Å². The monoisotopic (exact) mass is 372 g/mol. The number of halogens is 1. The summed E-state index contributed by atoms with van der Waals surface area (Å²) >= 11 is 0. The molecule has 5 rings (SSSR count). The molecule has 1 aliphatic carbocycles. The fraction of sp³-hybridized carbons (Fsp3) is 0.571. The van der Waals surface area contributed by atoms with Gasteiger partial charge in [-0.2, -0.15) is 0 Å². The largest absolute Gasteiger partial charge is 0.466 e. The Morgan fingerprint density at radius 3 is 2.96 bits per heavy atom. The number of piperidine rings is 1. The quantitative estimate of drug-likeness (QED) is 0.781. The number of rotatable bonds is 2. The summed E-state index contributed by atoms with van der Waals surface area (Å²) in [6.45, 7) is 3.10. The summed E-state index contributed by atoms with van der Waals surface area (Å²) in [6.07, 6.45) is -0.745. The van der Waals surface area contributed by atoms with Crippen LogP contribution in [0, 0.1) is 5.41 Å². The van der Waals surface area contributed by atoms with E-state index in [9.17, 15) is 9.90 Å². The number of aliphatic hydroxyl groups is 1. The molecular weight excluding hydrogens is 347 g/mol. The molecular formula is C21H25FN2O3. The number of aliphatic hydroxyl groups excluding tert-OH is 1. The van der Waals surface area contributed by atoms with Crippen molar-refractivity contribution in [2.45, 2.75) is 49.9 Å². The maximum atomic E-state index is 15.6. The number of nitrogens with one attached hydrogen (secondary N) is 1. The number of para-hydroxylation sites is 1. The third-order valence-electron chi connectivity index (χ3n) is 7.49. The molecule has 2 N–H and O–H groups in total. The van der Waals surface area contributed by atoms with Crippen molar-refractivity contribution in [2.75, 3.05) is 25.5 Å². The Bertz CT molecular complexity index is 856. The van der Waals surface area contributed by atoms with E-state index in [1.54, 1.807) is 0 Å². The number of benzene rings is 1. The molecule has 3 heterocycles. The zero-order valence-electron chi connectivity index (χ0n) is 15.7. The molecule has 0 saturated carbocycles. The fourth-order valence-electron chi connectivity index (χ4n) is 6.49. The van der Waals surface area contributed by atoms with Crippen LogP contribution in [0.25, 0.3) is 0 Å². The molecule has 144 valence electrons. The number of anilines is 1. The molecule has 1 aromatic rings. The van der Waals surface area contributed by atoms with Crippen molar-refractivity contribution in [2.24, 2.45) is 5.41 Å². The van der Waals surface area contributed by atoms with Gasteiger partial charge in [0.1, 0.15) is 6.17 Å². The van der Waals surface area contributed by atoms with Crippen LogP contribution in [0.3, 0.4) is 0 Å². The van der Waals surface area contributed by atoms with Gasteiger partial charge in [-0.3, -0.25) is 4.90 Å². The molecule has 5 atom stereocenters. The first kappa shape index (κ1) is 17.2. The van der Waals surface area contributed by atoms with Crippen molar-refractivity contribution in [3.8, 4) is 0 Å². The Kier molecular flexibility index (Phi) is 3.53. The molecule has 0 bridgehead atoms. The number of nitrogens with zero attached hydrogens (tertiary/aromatic N) is 1. The lowest BCUT2D eigenvalue weighted by molar-refractivity contribution is -0.142. The Balaban J connectivity index is 1.82. The molecule has 1 spiro atoms. The van der Waals surface area contributed by atoms with Gasteiger partial charge in [0.05, 0.1) is 24.2 Å². The average Bonchev–Trinajstić information content (AvgIpc) is 3.24. The van der Waals surface area contributed by atoms with Gasteiger partial charge in [-0.15, -0.1) is 0 Å². The van der Waals surface area contributed by atoms with Crippen LogP contribution in [0.1, 0.15) is 31.7 Å². The van der Waals surface area contributed by atoms with Crippen molar-refractivity contribution in [3.05, 3.63) is 41.1 Å². The highest BCUT2D eigenvalue weighted by molar-refractivity contribution is 5.93. The molecule has 2 fully saturated rings. The van der Waals surface area contributed by atoms with Gasteiger partial charge in [0, 0.05) is 29.4 Å². The minimum atomic E-state index is -1.37. The van der Waals surface area contributed by atoms with Crippen molar-refractivity contribution >= 4 is 11.7 Å². The van der Waals surface area contributed by atoms with E-state index in [1.165, 1.54) is 7.11 Å². The van der Waals surface area contributed by atoms with Gasteiger partial charge in [0.25, 0.3) is 0 Å². The van der Waals surface area contributed by atoms with Gasteiger partial charge in [-0.1, -0.05) is 25.1 Å². The van der Waals surface area contributed by atoms with E-state index in [1.807, 2.05) is 25.1 Å². The molecule has 0 amide bonds. The maximum Gasteiger partial charge on any atom is 0.335 e. The van der Waals surface area contributed by atoms with Crippen LogP contribution in [0.2, 0.25) is 0 Å². The topological polar surface area (TPSA) is 61.8 Å². The number of methoxy groups -OCH3 is 1. The SMILES string of the molecule is CC[C@@]12CC(C(=O)OC)=C3Nc4ccccc4[C@@]34CCN(C[C@@H](O)[C@H]1F)[C@@H]24. The Morgan fingerprint density at radius 2 is 2.22 bits per heavy atom. The third-order valence-corrected chi connectivity index (χ3v) is 7.49. The summed E-state index contributed by atoms with van der Waals surface area (Å²) < 4.78 is 20.7. The maximum absolute atomic E-state index is 15.6. The first-order valence-corrected chi connectivity index (χ1v) is 9.74. The lowest BCUT2D eigenvalue weighted by Gasteiger charge is -2.58. The second-order valence-corrected chi connectivity index (χ2v) is 8.37. The normalized spacial score (nSPS) is 39.5. The van der Waals surface area contributed by atoms with Crippen LogP contribution in [0.5, 0.6) is 0 Å². The van der Waals surface area contributed by atoms with Gasteiger partial charge in [0.2, 0.25) is 0 Å². The van der Waals surface area contributed by atoms with Gasteiger partial charge in [-0.25, -0.2) is 9.18 Å². The first-order chi connectivity index (χ1) is 13.0. The van der Waals surface area contributed by atoms with Crippen molar-refractivity contribution < 1.29 is 19.0 Å². The van der Waals surface area contributed by atoms with E-state index < -0.39 is 29.1 Å². The van der Waals surface area contributed by atoms with Gasteiger partial charge in [-0.05, 0) is 37.4 Å². The second kappa shape index (κ2) is 5.55. The number of esters is 1. The third kappa shape index (κ3) is 1.88. The molecule has 4 aliphatic rings. The van der Waals surface area contributed by atoms with Gasteiger partial charge in [0.15, 0.2) is 0 Å². The smallest absolute Gasteiger partial charge is 0.335 e. The van der Waals surface area contributed by atoms with E-state index in [2.05, 4.69) is 16.3 Å². The van der Waals surface area contributed by atoms with Crippen LogP contribution in [0.15, 0.2) is 35.5 Å². The number of fused-ring (bicyclic) bond motifs is 1. The predicted molar refractivity (Wildman–Crippen MR) is 99.0 cm³/mol. The first-order valence-electron chi connectivity index (χ1n) is 9.74. The van der Waals surface area contributed by atoms with Crippen molar-refractivity contribution in [1.82, 2.24) is 4.90 Å². The molecule has 2 saturated heterocycles. The van der Waals surface area contributed by atoms with E-state index in [0.717, 1.165) is 29.9 Å². The number of hydrogen-bond donors (Lipinski definition) is 2. The van der Waals surface area contributed by atoms with Crippen LogP contribution < -0.4 is 5.32 Å². The molecule has 3 aliphatic heterocycles. The van der Waals surface area contributed by atoms with Crippen LogP contribution >= 0.6 is 0 Å². The molecule has 6 heteroatoms. The second-order valence-electron chi connectivity index (χ2n) is 8.37. The molecule has 27 heavy (non-hydrogen) atoms. The Morgan fingerprint density at radius 1 is 1.44 bits per heavy atom. The number of carbonyl (C=O) groups excluding carboxylic acids is 1. The predicted octanol–water partition coefficient (Wildman–Crippen LogP) is 2.36. The summed E-state index contributed by atoms with van der Waals surface area (Å²) in [7, 11) is 1.37. The summed E-state index contributed by atoms with van der Waals surface area (Å²) in [5.74, 6) is -0.401. The molecule has 0 aromatic heterocycles. The molecule has 5 nitrogen and oxygen atoms in total. The molecule has 0 radical (unpaired) electrons. The van der Waals surface area contributed by atoms with E-state index in [-0.39, 0.29) is 12.5 Å². The summed E-state index contributed by atoms with van der Waals surface area (Å²) in [5, 5.41) is 14.0. The lowest BCUT2D eigenvalue weighted by Crippen LogP contribution is -2.67. The zero-order valence-corrected chi connectivity index (χ0v) is 15.7. The zero-order chi connectivity index (χ0) is 19.0. The fourth-order valence-corrected chi connectivity index (χ4v) is 6.49. The summed E-state index contributed by atoms with van der Waals surface area (Å²) in [6, 6.07) is 8.02. The van der Waals surface area contributed by atoms with Crippen LogP contribution in [0.4, 0.5) is 10.1 Å². The number of carbonyl (C=O) groups is 1. The molecule has 1 aromatic carbocycles. The average molecular weight is 372 g/mol. The van der Waals surface area contributed by atoms with E-state index in [4.69, 9.17) is 4.74 Å². The summed E-state index contributed by atoms with van der Waals surface area (Å²) in [4.78, 5) is 15.0.